The lowest BCUT2D eigenvalue weighted by Crippen LogP contribution is -2.50. The minimum Gasteiger partial charge on any atom is -0.392 e. The van der Waals surface area contributed by atoms with E-state index >= 15 is 0 Å². The molecule has 0 radical (unpaired) electrons. The fraction of sp³-hybridized carbons (Fsp3) is 0.714. The van der Waals surface area contributed by atoms with Gasteiger partial charge in [-0.2, -0.15) is 0 Å². The Labute approximate surface area is 128 Å². The Hall–Kier alpha value is -1.18. The summed E-state index contributed by atoms with van der Waals surface area (Å²) in [6.45, 7) is 3.36. The normalized spacial score (nSPS) is 25.2. The van der Waals surface area contributed by atoms with Crippen molar-refractivity contribution in [2.45, 2.75) is 37.8 Å². The van der Waals surface area contributed by atoms with Gasteiger partial charge in [0.15, 0.2) is 5.13 Å². The minimum atomic E-state index is -0.184. The summed E-state index contributed by atoms with van der Waals surface area (Å²) in [5.74, 6) is -0.0138. The second-order valence-electron chi connectivity index (χ2n) is 5.89. The predicted molar refractivity (Wildman–Crippen MR) is 82.3 cm³/mol. The van der Waals surface area contributed by atoms with Crippen LogP contribution in [0.4, 0.5) is 5.13 Å². The Morgan fingerprint density at radius 1 is 1.33 bits per heavy atom. The highest BCUT2D eigenvalue weighted by atomic mass is 32.1. The zero-order valence-corrected chi connectivity index (χ0v) is 12.9. The standard InChI is InChI=1S/C14H22N4O2S/c15-14-16-12(9-21-14)13(20)17-6-3-10(4-7-17)18-5-1-2-11(19)8-18/h9-11,19H,1-8H2,(H2,15,16). The van der Waals surface area contributed by atoms with E-state index in [1.54, 1.807) is 5.38 Å². The molecule has 0 bridgehead atoms. The molecule has 3 rings (SSSR count). The van der Waals surface area contributed by atoms with Crippen LogP contribution < -0.4 is 5.73 Å². The molecule has 1 aromatic rings. The smallest absolute Gasteiger partial charge is 0.273 e. The zero-order valence-electron chi connectivity index (χ0n) is 12.1. The molecule has 116 valence electrons. The second-order valence-corrected chi connectivity index (χ2v) is 6.78. The predicted octanol–water partition coefficient (Wildman–Crippen LogP) is 0.787. The third kappa shape index (κ3) is 3.36. The molecule has 1 aromatic heterocycles. The van der Waals surface area contributed by atoms with E-state index in [1.807, 2.05) is 4.90 Å². The Bertz CT molecular complexity index is 499. The highest BCUT2D eigenvalue weighted by Gasteiger charge is 2.30. The number of nitrogens with two attached hydrogens (primary N) is 1. The average molecular weight is 310 g/mol. The Balaban J connectivity index is 1.54. The van der Waals surface area contributed by atoms with Gasteiger partial charge in [0.05, 0.1) is 6.10 Å². The first-order valence-corrected chi connectivity index (χ1v) is 8.44. The number of likely N-dealkylation sites (tertiary alicyclic amines) is 2. The van der Waals surface area contributed by atoms with Crippen molar-refractivity contribution < 1.29 is 9.90 Å². The monoisotopic (exact) mass is 310 g/mol. The van der Waals surface area contributed by atoms with Gasteiger partial charge in [-0.3, -0.25) is 9.69 Å². The van der Waals surface area contributed by atoms with Crippen LogP contribution in [0.3, 0.4) is 0 Å². The van der Waals surface area contributed by atoms with Crippen molar-refractivity contribution in [3.8, 4) is 0 Å². The number of aliphatic hydroxyl groups is 1. The topological polar surface area (TPSA) is 82.7 Å². The molecule has 2 aliphatic heterocycles. The van der Waals surface area contributed by atoms with E-state index in [4.69, 9.17) is 5.73 Å². The summed E-state index contributed by atoms with van der Waals surface area (Å²) < 4.78 is 0. The maximum atomic E-state index is 12.3. The molecule has 21 heavy (non-hydrogen) atoms. The van der Waals surface area contributed by atoms with Gasteiger partial charge >= 0.3 is 0 Å². The number of anilines is 1. The molecule has 6 nitrogen and oxygen atoms in total. The van der Waals surface area contributed by atoms with E-state index in [0.717, 1.165) is 51.9 Å². The molecule has 2 saturated heterocycles. The van der Waals surface area contributed by atoms with Crippen LogP contribution >= 0.6 is 11.3 Å². The van der Waals surface area contributed by atoms with Crippen LogP contribution in [0.1, 0.15) is 36.2 Å². The molecule has 1 unspecified atom stereocenters. The molecule has 1 amide bonds. The van der Waals surface area contributed by atoms with Crippen molar-refractivity contribution in [2.24, 2.45) is 0 Å². The van der Waals surface area contributed by atoms with E-state index in [2.05, 4.69) is 9.88 Å². The summed E-state index contributed by atoms with van der Waals surface area (Å²) in [6.07, 6.45) is 3.74. The van der Waals surface area contributed by atoms with Crippen LogP contribution in [0.2, 0.25) is 0 Å². The first-order chi connectivity index (χ1) is 10.1. The van der Waals surface area contributed by atoms with Crippen molar-refractivity contribution >= 4 is 22.4 Å². The highest BCUT2D eigenvalue weighted by molar-refractivity contribution is 7.13. The molecule has 0 aliphatic carbocycles. The summed E-state index contributed by atoms with van der Waals surface area (Å²) in [7, 11) is 0. The van der Waals surface area contributed by atoms with E-state index in [0.29, 0.717) is 16.9 Å². The molecule has 2 aliphatic rings. The number of nitrogen functional groups attached to an aromatic ring is 1. The first-order valence-electron chi connectivity index (χ1n) is 7.56. The van der Waals surface area contributed by atoms with Gasteiger partial charge in [-0.1, -0.05) is 0 Å². The summed E-state index contributed by atoms with van der Waals surface area (Å²) >= 11 is 1.30. The molecule has 2 fully saturated rings. The van der Waals surface area contributed by atoms with Crippen molar-refractivity contribution in [1.82, 2.24) is 14.8 Å². The van der Waals surface area contributed by atoms with Crippen molar-refractivity contribution in [2.75, 3.05) is 31.9 Å². The fourth-order valence-corrected chi connectivity index (χ4v) is 3.83. The Kier molecular flexibility index (Phi) is 4.42. The zero-order chi connectivity index (χ0) is 14.8. The molecule has 0 saturated carbocycles. The van der Waals surface area contributed by atoms with Gasteiger partial charge in [0.25, 0.3) is 5.91 Å². The number of aliphatic hydroxyl groups excluding tert-OH is 1. The number of hydrogen-bond acceptors (Lipinski definition) is 6. The minimum absolute atomic E-state index is 0.0138. The van der Waals surface area contributed by atoms with Crippen molar-refractivity contribution in [1.29, 1.82) is 0 Å². The maximum absolute atomic E-state index is 12.3. The Morgan fingerprint density at radius 3 is 2.71 bits per heavy atom. The van der Waals surface area contributed by atoms with Gasteiger partial charge in [0.2, 0.25) is 0 Å². The van der Waals surface area contributed by atoms with Crippen LogP contribution in [-0.4, -0.2) is 64.1 Å². The summed E-state index contributed by atoms with van der Waals surface area (Å²) in [5.41, 5.74) is 6.05. The third-order valence-corrected chi connectivity index (χ3v) is 5.11. The lowest BCUT2D eigenvalue weighted by molar-refractivity contribution is 0.0239. The number of amides is 1. The number of rotatable bonds is 2. The number of carbonyl (C=O) groups is 1. The summed E-state index contributed by atoms with van der Waals surface area (Å²) in [5, 5.41) is 11.9. The lowest BCUT2D eigenvalue weighted by Gasteiger charge is -2.41. The SMILES string of the molecule is Nc1nc(C(=O)N2CCC(N3CCCC(O)C3)CC2)cs1. The molecule has 0 aromatic carbocycles. The van der Waals surface area contributed by atoms with Crippen LogP contribution in [0.15, 0.2) is 5.38 Å². The van der Waals surface area contributed by atoms with Gasteiger partial charge in [-0.05, 0) is 32.2 Å². The quantitative estimate of drug-likeness (QED) is 0.844. The van der Waals surface area contributed by atoms with E-state index in [-0.39, 0.29) is 12.0 Å². The molecule has 7 heteroatoms. The highest BCUT2D eigenvalue weighted by Crippen LogP contribution is 2.22. The van der Waals surface area contributed by atoms with E-state index < -0.39 is 0 Å². The lowest BCUT2D eigenvalue weighted by atomic mass is 9.99. The molecular weight excluding hydrogens is 288 g/mol. The number of thiazole rings is 1. The molecule has 1 atom stereocenters. The first kappa shape index (κ1) is 14.7. The van der Waals surface area contributed by atoms with Gasteiger partial charge in [-0.25, -0.2) is 4.98 Å². The fourth-order valence-electron chi connectivity index (χ4n) is 3.30. The number of carbonyl (C=O) groups excluding carboxylic acids is 1. The third-order valence-electron chi connectivity index (χ3n) is 4.44. The van der Waals surface area contributed by atoms with Crippen molar-refractivity contribution in [3.63, 3.8) is 0 Å². The summed E-state index contributed by atoms with van der Waals surface area (Å²) in [4.78, 5) is 20.6. The van der Waals surface area contributed by atoms with E-state index in [1.165, 1.54) is 11.3 Å². The van der Waals surface area contributed by atoms with Gasteiger partial charge in [-0.15, -0.1) is 11.3 Å². The van der Waals surface area contributed by atoms with Crippen LogP contribution in [0.25, 0.3) is 0 Å². The number of nitrogens with zero attached hydrogens (tertiary/aromatic N) is 3. The number of β-amino-alcohol motifs (C(OH)–C–C–N with tert-alkyl or cyclic N) is 1. The van der Waals surface area contributed by atoms with Crippen LogP contribution in [-0.2, 0) is 0 Å². The van der Waals surface area contributed by atoms with Crippen LogP contribution in [0.5, 0.6) is 0 Å². The van der Waals surface area contributed by atoms with Gasteiger partial charge in [0, 0.05) is 31.1 Å². The van der Waals surface area contributed by atoms with Gasteiger partial charge < -0.3 is 15.7 Å². The maximum Gasteiger partial charge on any atom is 0.273 e. The molecule has 0 spiro atoms. The second kappa shape index (κ2) is 6.29. The summed E-state index contributed by atoms with van der Waals surface area (Å²) in [6, 6.07) is 0.490. The largest absolute Gasteiger partial charge is 0.392 e. The molecule has 3 heterocycles. The average Bonchev–Trinajstić information content (AvgIpc) is 2.93. The molecule has 3 N–H and O–H groups in total. The van der Waals surface area contributed by atoms with Crippen molar-refractivity contribution in [3.05, 3.63) is 11.1 Å². The van der Waals surface area contributed by atoms with Crippen LogP contribution in [0, 0.1) is 0 Å². The number of aromatic nitrogens is 1. The number of piperidine rings is 2. The number of hydrogen-bond donors (Lipinski definition) is 2. The van der Waals surface area contributed by atoms with E-state index in [9.17, 15) is 9.90 Å². The van der Waals surface area contributed by atoms with Gasteiger partial charge in [0.1, 0.15) is 5.69 Å². The Morgan fingerprint density at radius 2 is 2.10 bits per heavy atom. The molecular formula is C14H22N4O2S.